The molecular formula is C26H26ClN3O4. The molecule has 2 N–H and O–H groups in total. The number of hydrogen-bond acceptors (Lipinski definition) is 5. The highest BCUT2D eigenvalue weighted by molar-refractivity contribution is 6.40. The van der Waals surface area contributed by atoms with Crippen LogP contribution in [0.4, 0.5) is 5.69 Å². The lowest BCUT2D eigenvalue weighted by Crippen LogP contribution is -2.32. The Kier molecular flexibility index (Phi) is 8.27. The molecule has 0 heterocycles. The van der Waals surface area contributed by atoms with Crippen molar-refractivity contribution in [2.24, 2.45) is 5.10 Å². The largest absolute Gasteiger partial charge is 0.493 e. The van der Waals surface area contributed by atoms with Gasteiger partial charge in [-0.05, 0) is 67.8 Å². The summed E-state index contributed by atoms with van der Waals surface area (Å²) in [4.78, 5) is 24.3. The van der Waals surface area contributed by atoms with Gasteiger partial charge in [0, 0.05) is 16.3 Å². The highest BCUT2D eigenvalue weighted by Crippen LogP contribution is 2.29. The molecule has 7 nitrogen and oxygen atoms in total. The van der Waals surface area contributed by atoms with Gasteiger partial charge in [0.05, 0.1) is 12.8 Å². The first kappa shape index (κ1) is 24.8. The SMILES string of the molecule is COc1cc(/C(C)=N/NC(=O)C(=O)Nc2ccc(C)c(Cl)c2)ccc1OCc1ccccc1C. The number of anilines is 1. The summed E-state index contributed by atoms with van der Waals surface area (Å²) in [5.74, 6) is -0.640. The molecule has 3 aromatic carbocycles. The third-order valence-corrected chi connectivity index (χ3v) is 5.59. The number of carbonyl (C=O) groups is 2. The maximum Gasteiger partial charge on any atom is 0.329 e. The normalized spacial score (nSPS) is 11.0. The van der Waals surface area contributed by atoms with Gasteiger partial charge in [-0.3, -0.25) is 9.59 Å². The van der Waals surface area contributed by atoms with Gasteiger partial charge in [0.15, 0.2) is 11.5 Å². The third-order valence-electron chi connectivity index (χ3n) is 5.19. The molecule has 0 bridgehead atoms. The number of halogens is 1. The lowest BCUT2D eigenvalue weighted by molar-refractivity contribution is -0.136. The molecule has 0 aliphatic carbocycles. The van der Waals surface area contributed by atoms with E-state index in [1.165, 1.54) is 0 Å². The minimum Gasteiger partial charge on any atom is -0.493 e. The maximum absolute atomic E-state index is 12.2. The van der Waals surface area contributed by atoms with Crippen LogP contribution in [-0.4, -0.2) is 24.6 Å². The molecular weight excluding hydrogens is 454 g/mol. The average Bonchev–Trinajstić information content (AvgIpc) is 2.84. The van der Waals surface area contributed by atoms with E-state index < -0.39 is 11.8 Å². The van der Waals surface area contributed by atoms with E-state index in [0.29, 0.717) is 40.1 Å². The number of hydrazone groups is 1. The Labute approximate surface area is 203 Å². The number of carbonyl (C=O) groups excluding carboxylic acids is 2. The van der Waals surface area contributed by atoms with Gasteiger partial charge in [-0.25, -0.2) is 5.43 Å². The number of nitrogens with one attached hydrogen (secondary N) is 2. The summed E-state index contributed by atoms with van der Waals surface area (Å²) in [5.41, 5.74) is 6.97. The molecule has 3 rings (SSSR count). The van der Waals surface area contributed by atoms with Crippen LogP contribution < -0.4 is 20.2 Å². The molecule has 176 valence electrons. The quantitative estimate of drug-likeness (QED) is 0.283. The van der Waals surface area contributed by atoms with Crippen molar-refractivity contribution in [1.29, 1.82) is 0 Å². The van der Waals surface area contributed by atoms with Gasteiger partial charge in [0.2, 0.25) is 0 Å². The molecule has 34 heavy (non-hydrogen) atoms. The second-order valence-corrected chi connectivity index (χ2v) is 8.04. The molecule has 0 aliphatic heterocycles. The number of hydrogen-bond donors (Lipinski definition) is 2. The Morgan fingerprint density at radius 1 is 0.941 bits per heavy atom. The number of aryl methyl sites for hydroxylation is 2. The van der Waals surface area contributed by atoms with Crippen molar-refractivity contribution in [3.63, 3.8) is 0 Å². The predicted octanol–water partition coefficient (Wildman–Crippen LogP) is 5.02. The van der Waals surface area contributed by atoms with Gasteiger partial charge in [0.25, 0.3) is 0 Å². The van der Waals surface area contributed by atoms with Gasteiger partial charge in [0.1, 0.15) is 6.61 Å². The molecule has 0 unspecified atom stereocenters. The molecule has 3 aromatic rings. The van der Waals surface area contributed by atoms with E-state index in [9.17, 15) is 9.59 Å². The molecule has 0 fully saturated rings. The fraction of sp³-hybridized carbons (Fsp3) is 0.192. The van der Waals surface area contributed by atoms with Crippen LogP contribution >= 0.6 is 11.6 Å². The number of ether oxygens (including phenoxy) is 2. The van der Waals surface area contributed by atoms with Gasteiger partial charge in [-0.2, -0.15) is 5.10 Å². The van der Waals surface area contributed by atoms with Crippen molar-refractivity contribution in [3.8, 4) is 11.5 Å². The minimum absolute atomic E-state index is 0.410. The van der Waals surface area contributed by atoms with Crippen LogP contribution in [0.1, 0.15) is 29.2 Å². The smallest absolute Gasteiger partial charge is 0.329 e. The molecule has 0 saturated heterocycles. The van der Waals surface area contributed by atoms with Crippen molar-refractivity contribution in [2.75, 3.05) is 12.4 Å². The van der Waals surface area contributed by atoms with Crippen LogP contribution in [-0.2, 0) is 16.2 Å². The Morgan fingerprint density at radius 2 is 1.71 bits per heavy atom. The van der Waals surface area contributed by atoms with E-state index in [1.807, 2.05) is 38.1 Å². The van der Waals surface area contributed by atoms with E-state index in [0.717, 1.165) is 16.7 Å². The molecule has 0 spiro atoms. The fourth-order valence-electron chi connectivity index (χ4n) is 3.05. The first-order valence-electron chi connectivity index (χ1n) is 10.6. The molecule has 8 heteroatoms. The predicted molar refractivity (Wildman–Crippen MR) is 134 cm³/mol. The summed E-state index contributed by atoms with van der Waals surface area (Å²) in [5, 5.41) is 7.01. The summed E-state index contributed by atoms with van der Waals surface area (Å²) in [7, 11) is 1.55. The number of amides is 2. The Morgan fingerprint density at radius 3 is 2.41 bits per heavy atom. The van der Waals surface area contributed by atoms with Gasteiger partial charge in [-0.15, -0.1) is 0 Å². The van der Waals surface area contributed by atoms with Crippen LogP contribution in [0.5, 0.6) is 11.5 Å². The highest BCUT2D eigenvalue weighted by Gasteiger charge is 2.14. The number of benzene rings is 3. The van der Waals surface area contributed by atoms with Gasteiger partial charge in [-0.1, -0.05) is 41.9 Å². The zero-order chi connectivity index (χ0) is 24.7. The van der Waals surface area contributed by atoms with E-state index in [2.05, 4.69) is 15.8 Å². The van der Waals surface area contributed by atoms with Crippen LogP contribution in [0, 0.1) is 13.8 Å². The van der Waals surface area contributed by atoms with Crippen LogP contribution in [0.15, 0.2) is 65.8 Å². The maximum atomic E-state index is 12.2. The molecule has 0 aliphatic rings. The number of methoxy groups -OCH3 is 1. The Bertz CT molecular complexity index is 1240. The lowest BCUT2D eigenvalue weighted by atomic mass is 10.1. The first-order chi connectivity index (χ1) is 16.3. The average molecular weight is 480 g/mol. The van der Waals surface area contributed by atoms with Crippen molar-refractivity contribution in [2.45, 2.75) is 27.4 Å². The topological polar surface area (TPSA) is 89.0 Å². The first-order valence-corrected chi connectivity index (χ1v) is 10.9. The highest BCUT2D eigenvalue weighted by atomic mass is 35.5. The molecule has 2 amide bonds. The van der Waals surface area contributed by atoms with E-state index in [-0.39, 0.29) is 0 Å². The lowest BCUT2D eigenvalue weighted by Gasteiger charge is -2.13. The summed E-state index contributed by atoms with van der Waals surface area (Å²) in [6.45, 7) is 5.99. The fourth-order valence-corrected chi connectivity index (χ4v) is 3.23. The summed E-state index contributed by atoms with van der Waals surface area (Å²) in [6, 6.07) is 18.3. The number of nitrogens with zero attached hydrogens (tertiary/aromatic N) is 1. The molecule has 0 aromatic heterocycles. The Balaban J connectivity index is 1.63. The van der Waals surface area contributed by atoms with Gasteiger partial charge >= 0.3 is 11.8 Å². The van der Waals surface area contributed by atoms with Crippen molar-refractivity contribution in [1.82, 2.24) is 5.43 Å². The second kappa shape index (κ2) is 11.3. The number of rotatable bonds is 7. The third kappa shape index (κ3) is 6.36. The van der Waals surface area contributed by atoms with E-state index >= 15 is 0 Å². The summed E-state index contributed by atoms with van der Waals surface area (Å²) < 4.78 is 11.4. The molecule has 0 saturated carbocycles. The summed E-state index contributed by atoms with van der Waals surface area (Å²) in [6.07, 6.45) is 0. The van der Waals surface area contributed by atoms with Crippen LogP contribution in [0.25, 0.3) is 0 Å². The zero-order valence-electron chi connectivity index (χ0n) is 19.4. The monoisotopic (exact) mass is 479 g/mol. The van der Waals surface area contributed by atoms with Crippen molar-refractivity contribution >= 4 is 34.8 Å². The van der Waals surface area contributed by atoms with Crippen LogP contribution in [0.2, 0.25) is 5.02 Å². The van der Waals surface area contributed by atoms with Crippen molar-refractivity contribution < 1.29 is 19.1 Å². The Hall–Kier alpha value is -3.84. The zero-order valence-corrected chi connectivity index (χ0v) is 20.2. The second-order valence-electron chi connectivity index (χ2n) is 7.64. The van der Waals surface area contributed by atoms with Crippen LogP contribution in [0.3, 0.4) is 0 Å². The van der Waals surface area contributed by atoms with E-state index in [4.69, 9.17) is 21.1 Å². The van der Waals surface area contributed by atoms with Gasteiger partial charge < -0.3 is 14.8 Å². The summed E-state index contributed by atoms with van der Waals surface area (Å²) >= 11 is 6.05. The minimum atomic E-state index is -0.902. The standard InChI is InChI=1S/C26H26ClN3O4/c1-16-7-5-6-8-20(16)15-34-23-12-10-19(13-24(23)33-4)18(3)29-30-26(32)25(31)28-21-11-9-17(2)22(27)14-21/h5-14H,15H2,1-4H3,(H,28,31)(H,30,32)/b29-18+. The molecule has 0 atom stereocenters. The molecule has 0 radical (unpaired) electrons. The van der Waals surface area contributed by atoms with Crippen molar-refractivity contribution in [3.05, 3.63) is 87.9 Å². The van der Waals surface area contributed by atoms with E-state index in [1.54, 1.807) is 50.4 Å².